The van der Waals surface area contributed by atoms with Gasteiger partial charge in [0.05, 0.1) is 48.6 Å². The van der Waals surface area contributed by atoms with Gasteiger partial charge in [0, 0.05) is 29.4 Å². The summed E-state index contributed by atoms with van der Waals surface area (Å²) < 4.78 is 52.1. The third kappa shape index (κ3) is 8.19. The van der Waals surface area contributed by atoms with Crippen LogP contribution in [0.25, 0.3) is 0 Å². The number of aliphatic carboxylic acids is 1. The van der Waals surface area contributed by atoms with Gasteiger partial charge in [-0.3, -0.25) is 14.6 Å². The summed E-state index contributed by atoms with van der Waals surface area (Å²) in [5, 5.41) is 9.60. The molecule has 0 unspecified atom stereocenters. The van der Waals surface area contributed by atoms with E-state index in [2.05, 4.69) is 24.9 Å². The minimum atomic E-state index is -1.07. The number of nitrogens with zero attached hydrogens (tertiary/aromatic N) is 5. The van der Waals surface area contributed by atoms with Crippen LogP contribution in [0, 0.1) is 57.0 Å². The summed E-state index contributed by atoms with van der Waals surface area (Å²) in [6.45, 7) is 7.66. The zero-order valence-electron chi connectivity index (χ0n) is 29.6. The monoisotopic (exact) mass is 725 g/mol. The molecule has 10 nitrogen and oxygen atoms in total. The van der Waals surface area contributed by atoms with E-state index in [1.165, 1.54) is 42.5 Å². The molecule has 53 heavy (non-hydrogen) atoms. The second kappa shape index (κ2) is 15.1. The number of ketones is 1. The molecular weight excluding hydrogens is 687 g/mol. The highest BCUT2D eigenvalue weighted by atomic mass is 19.1. The van der Waals surface area contributed by atoms with Gasteiger partial charge in [-0.15, -0.1) is 0 Å². The number of rotatable bonds is 12. The highest BCUT2D eigenvalue weighted by molar-refractivity contribution is 5.88. The number of benzene rings is 2. The van der Waals surface area contributed by atoms with Crippen LogP contribution in [0.15, 0.2) is 79.3 Å². The number of carbonyl (C=O) groups excluding carboxylic acids is 1. The van der Waals surface area contributed by atoms with Crippen molar-refractivity contribution in [2.45, 2.75) is 57.8 Å². The number of aryl methyl sites for hydroxylation is 4. The smallest absolute Gasteiger partial charge is 0.314 e. The molecule has 0 saturated heterocycles. The van der Waals surface area contributed by atoms with Gasteiger partial charge in [0.15, 0.2) is 11.5 Å². The summed E-state index contributed by atoms with van der Waals surface area (Å²) in [5.41, 5.74) is 1.43. The van der Waals surface area contributed by atoms with Crippen molar-refractivity contribution in [1.82, 2.24) is 24.9 Å². The number of ether oxygens (including phenoxy) is 2. The van der Waals surface area contributed by atoms with Crippen LogP contribution in [-0.4, -0.2) is 55.0 Å². The number of carboxylic acid groups (broad SMARTS) is 1. The molecule has 0 spiro atoms. The van der Waals surface area contributed by atoms with E-state index >= 15 is 0 Å². The number of hydrogen-bond acceptors (Lipinski definition) is 9. The molecule has 274 valence electrons. The lowest BCUT2D eigenvalue weighted by atomic mass is 9.91. The van der Waals surface area contributed by atoms with Gasteiger partial charge in [-0.1, -0.05) is 24.3 Å². The summed E-state index contributed by atoms with van der Waals surface area (Å²) in [4.78, 5) is 45.4. The van der Waals surface area contributed by atoms with Gasteiger partial charge < -0.3 is 14.6 Å². The second-order valence-corrected chi connectivity index (χ2v) is 13.6. The molecule has 0 bridgehead atoms. The molecule has 2 fully saturated rings. The molecule has 0 amide bonds. The van der Waals surface area contributed by atoms with Crippen LogP contribution in [0.1, 0.15) is 52.7 Å². The molecule has 5 aromatic rings. The first-order valence-corrected chi connectivity index (χ1v) is 17.1. The topological polar surface area (TPSA) is 137 Å². The van der Waals surface area contributed by atoms with Crippen molar-refractivity contribution in [1.29, 1.82) is 0 Å². The van der Waals surface area contributed by atoms with Gasteiger partial charge in [0.1, 0.15) is 34.9 Å². The van der Waals surface area contributed by atoms with E-state index in [9.17, 15) is 27.9 Å². The van der Waals surface area contributed by atoms with E-state index < -0.39 is 28.4 Å². The normalized spacial score (nSPS) is 21.2. The molecule has 4 atom stereocenters. The predicted molar refractivity (Wildman–Crippen MR) is 187 cm³/mol. The Bertz CT molecular complexity index is 2150. The zero-order valence-corrected chi connectivity index (χ0v) is 29.6. The first kappa shape index (κ1) is 37.1. The molecule has 7 rings (SSSR count). The molecule has 2 saturated carbocycles. The Kier molecular flexibility index (Phi) is 10.6. The number of Topliss-reactive ketones (excluding diaryl/α,β-unsaturated/α-hetero) is 1. The van der Waals surface area contributed by atoms with Gasteiger partial charge in [0.2, 0.25) is 0 Å². The minimum Gasteiger partial charge on any atom is -0.490 e. The van der Waals surface area contributed by atoms with Crippen molar-refractivity contribution in [3.05, 3.63) is 137 Å². The van der Waals surface area contributed by atoms with E-state index in [0.29, 0.717) is 58.6 Å². The van der Waals surface area contributed by atoms with Crippen LogP contribution in [0.3, 0.4) is 0 Å². The zero-order chi connectivity index (χ0) is 37.9. The number of carbonyl (C=O) groups is 2. The van der Waals surface area contributed by atoms with Gasteiger partial charge >= 0.3 is 5.97 Å². The molecule has 2 aliphatic carbocycles. The van der Waals surface area contributed by atoms with Crippen LogP contribution in [0.4, 0.5) is 13.2 Å². The van der Waals surface area contributed by atoms with Crippen LogP contribution >= 0.6 is 0 Å². The summed E-state index contributed by atoms with van der Waals surface area (Å²) >= 11 is 0. The number of pyridine rings is 1. The van der Waals surface area contributed by atoms with Crippen molar-refractivity contribution in [3.8, 4) is 11.5 Å². The van der Waals surface area contributed by atoms with Gasteiger partial charge in [-0.25, -0.2) is 33.1 Å². The Morgan fingerprint density at radius 3 is 1.92 bits per heavy atom. The number of carboxylic acids is 1. The molecule has 2 aliphatic rings. The fraction of sp³-hybridized carbons (Fsp3) is 0.325. The van der Waals surface area contributed by atoms with E-state index in [0.717, 1.165) is 11.8 Å². The lowest BCUT2D eigenvalue weighted by Crippen LogP contribution is -2.25. The molecule has 0 radical (unpaired) electrons. The average Bonchev–Trinajstić information content (AvgIpc) is 4.03. The van der Waals surface area contributed by atoms with Crippen molar-refractivity contribution in [2.24, 2.45) is 11.8 Å². The maximum absolute atomic E-state index is 13.9. The molecule has 0 aliphatic heterocycles. The molecule has 3 heterocycles. The Hall–Kier alpha value is -5.72. The average molecular weight is 726 g/mol. The molecular formula is C40H38F3N5O5. The molecule has 2 aromatic carbocycles. The SMILES string of the molecule is Cc1ncc(OC[C@@H]2C[C@@]2(C(=O)O)c2cccc(F)c2)c(C)n1.Cc1ncc(OC[C@@]2(c3cccc(F)c3)C[C@H]2C(=O)Cc2ccc(F)cn2)c(C)n1. The summed E-state index contributed by atoms with van der Waals surface area (Å²) in [7, 11) is 0. The van der Waals surface area contributed by atoms with Gasteiger partial charge in [0.25, 0.3) is 0 Å². The third-order valence-corrected chi connectivity index (χ3v) is 9.87. The highest BCUT2D eigenvalue weighted by Crippen LogP contribution is 2.56. The van der Waals surface area contributed by atoms with Crippen molar-refractivity contribution >= 4 is 11.8 Å². The predicted octanol–water partition coefficient (Wildman–Crippen LogP) is 6.57. The van der Waals surface area contributed by atoms with Crippen LogP contribution < -0.4 is 9.47 Å². The van der Waals surface area contributed by atoms with E-state index in [1.807, 2.05) is 19.9 Å². The Labute approximate surface area is 304 Å². The fourth-order valence-corrected chi connectivity index (χ4v) is 6.76. The minimum absolute atomic E-state index is 0.0288. The Balaban J connectivity index is 0.000000188. The number of hydrogen-bond donors (Lipinski definition) is 1. The Morgan fingerprint density at radius 2 is 1.36 bits per heavy atom. The second-order valence-electron chi connectivity index (χ2n) is 13.6. The van der Waals surface area contributed by atoms with E-state index in [1.54, 1.807) is 38.4 Å². The maximum Gasteiger partial charge on any atom is 0.314 e. The standard InChI is InChI=1S/C23H21F2N3O2.C17H17FN2O3/c1-14-22(12-26-15(2)28-14)30-13-23(16-4-3-5-17(24)8-16)10-20(23)21(29)9-19-7-6-18(25)11-27-19;1-10-15(8-19-11(2)20-10)23-9-13-7-17(13,16(21)22)12-4-3-5-14(18)6-12/h3-8,11-12,20H,9-10,13H2,1-2H3;3-6,8,13H,7,9H2,1-2H3,(H,21,22)/t20-,23+;13-,17+/m00/s1. The van der Waals surface area contributed by atoms with Crippen molar-refractivity contribution < 1.29 is 37.3 Å². The first-order chi connectivity index (χ1) is 25.3. The quantitative estimate of drug-likeness (QED) is 0.150. The van der Waals surface area contributed by atoms with E-state index in [4.69, 9.17) is 9.47 Å². The largest absolute Gasteiger partial charge is 0.490 e. The third-order valence-electron chi connectivity index (χ3n) is 9.87. The van der Waals surface area contributed by atoms with E-state index in [-0.39, 0.29) is 43.1 Å². The molecule has 3 aromatic heterocycles. The molecule has 13 heteroatoms. The summed E-state index contributed by atoms with van der Waals surface area (Å²) in [6, 6.07) is 14.8. The summed E-state index contributed by atoms with van der Waals surface area (Å²) in [5.74, 6) is -0.386. The Morgan fingerprint density at radius 1 is 0.755 bits per heavy atom. The van der Waals surface area contributed by atoms with Gasteiger partial charge in [-0.2, -0.15) is 0 Å². The summed E-state index contributed by atoms with van der Waals surface area (Å²) in [6.07, 6.45) is 5.36. The highest BCUT2D eigenvalue weighted by Gasteiger charge is 2.62. The van der Waals surface area contributed by atoms with Crippen LogP contribution in [0.2, 0.25) is 0 Å². The van der Waals surface area contributed by atoms with Crippen molar-refractivity contribution in [2.75, 3.05) is 13.2 Å². The lowest BCUT2D eigenvalue weighted by Gasteiger charge is -2.19. The first-order valence-electron chi connectivity index (χ1n) is 17.1. The van der Waals surface area contributed by atoms with Crippen LogP contribution in [0.5, 0.6) is 11.5 Å². The van der Waals surface area contributed by atoms with Crippen LogP contribution in [-0.2, 0) is 26.8 Å². The molecule has 1 N–H and O–H groups in total. The van der Waals surface area contributed by atoms with Gasteiger partial charge in [-0.05, 0) is 88.1 Å². The van der Waals surface area contributed by atoms with Crippen molar-refractivity contribution in [3.63, 3.8) is 0 Å². The maximum atomic E-state index is 13.9. The number of aromatic nitrogens is 5. The number of halogens is 3. The lowest BCUT2D eigenvalue weighted by molar-refractivity contribution is -0.140. The fourth-order valence-electron chi connectivity index (χ4n) is 6.76.